The Morgan fingerprint density at radius 1 is 1.58 bits per heavy atom. The molecule has 0 spiro atoms. The van der Waals surface area contributed by atoms with Crippen molar-refractivity contribution in [2.75, 3.05) is 6.54 Å². The fourth-order valence-corrected chi connectivity index (χ4v) is 0.916. The van der Waals surface area contributed by atoms with Crippen LogP contribution in [0.25, 0.3) is 0 Å². The van der Waals surface area contributed by atoms with Crippen molar-refractivity contribution >= 4 is 6.21 Å². The van der Waals surface area contributed by atoms with Gasteiger partial charge in [0, 0.05) is 6.21 Å². The Labute approximate surface area is 67.0 Å². The van der Waals surface area contributed by atoms with Crippen molar-refractivity contribution in [3.8, 4) is 6.07 Å². The van der Waals surface area contributed by atoms with Crippen LogP contribution in [0.2, 0.25) is 0 Å². The normalized spacial score (nSPS) is 23.2. The maximum atomic E-state index is 12.1. The molecule has 1 aliphatic rings. The molecule has 12 heavy (non-hydrogen) atoms. The van der Waals surface area contributed by atoms with E-state index in [0.29, 0.717) is 0 Å². The summed E-state index contributed by atoms with van der Waals surface area (Å²) in [7, 11) is 0. The fourth-order valence-electron chi connectivity index (χ4n) is 0.916. The van der Waals surface area contributed by atoms with Gasteiger partial charge in [0.2, 0.25) is 0 Å². The second-order valence-corrected chi connectivity index (χ2v) is 2.32. The van der Waals surface area contributed by atoms with Crippen molar-refractivity contribution in [3.63, 3.8) is 0 Å². The second-order valence-electron chi connectivity index (χ2n) is 2.32. The van der Waals surface area contributed by atoms with E-state index in [-0.39, 0.29) is 6.54 Å². The average Bonchev–Trinajstić information content (AvgIpc) is 2.03. The van der Waals surface area contributed by atoms with Gasteiger partial charge in [-0.3, -0.25) is 4.99 Å². The summed E-state index contributed by atoms with van der Waals surface area (Å²) in [4.78, 5) is 3.57. The van der Waals surface area contributed by atoms with Gasteiger partial charge in [-0.05, 0) is 6.08 Å². The average molecular weight is 174 g/mol. The van der Waals surface area contributed by atoms with Crippen LogP contribution in [-0.4, -0.2) is 18.9 Å². The number of allylic oxidation sites excluding steroid dienone is 1. The third-order valence-electron chi connectivity index (χ3n) is 1.51. The zero-order chi connectivity index (χ0) is 9.19. The first-order chi connectivity index (χ1) is 5.55. The van der Waals surface area contributed by atoms with Gasteiger partial charge in [-0.15, -0.1) is 0 Å². The SMILES string of the molecule is N#CC1CN=CC=C1C(F)(F)F. The maximum absolute atomic E-state index is 12.1. The summed E-state index contributed by atoms with van der Waals surface area (Å²) in [5, 5.41) is 8.36. The van der Waals surface area contributed by atoms with Gasteiger partial charge in [0.05, 0.1) is 24.1 Å². The van der Waals surface area contributed by atoms with E-state index in [1.54, 1.807) is 6.07 Å². The van der Waals surface area contributed by atoms with Crippen molar-refractivity contribution in [2.24, 2.45) is 10.9 Å². The van der Waals surface area contributed by atoms with Crippen LogP contribution in [0.5, 0.6) is 0 Å². The summed E-state index contributed by atoms with van der Waals surface area (Å²) in [6, 6.07) is 1.56. The van der Waals surface area contributed by atoms with Crippen LogP contribution >= 0.6 is 0 Å². The quantitative estimate of drug-likeness (QED) is 0.550. The van der Waals surface area contributed by atoms with E-state index in [0.717, 1.165) is 12.3 Å². The van der Waals surface area contributed by atoms with E-state index < -0.39 is 17.7 Å². The number of nitriles is 1. The molecule has 1 atom stereocenters. The number of dihydropyridines is 1. The van der Waals surface area contributed by atoms with Gasteiger partial charge in [0.25, 0.3) is 0 Å². The largest absolute Gasteiger partial charge is 0.414 e. The van der Waals surface area contributed by atoms with Crippen molar-refractivity contribution in [2.45, 2.75) is 6.18 Å². The fraction of sp³-hybridized carbons (Fsp3) is 0.429. The molecule has 2 nitrogen and oxygen atoms in total. The van der Waals surface area contributed by atoms with E-state index in [1.807, 2.05) is 0 Å². The van der Waals surface area contributed by atoms with Crippen LogP contribution in [0.3, 0.4) is 0 Å². The third kappa shape index (κ3) is 1.64. The minimum Gasteiger partial charge on any atom is -0.291 e. The lowest BCUT2D eigenvalue weighted by molar-refractivity contribution is -0.0966. The molecule has 64 valence electrons. The monoisotopic (exact) mass is 174 g/mol. The number of nitrogens with zero attached hydrogens (tertiary/aromatic N) is 2. The summed E-state index contributed by atoms with van der Waals surface area (Å²) in [6.45, 7) is -0.0954. The van der Waals surface area contributed by atoms with E-state index in [4.69, 9.17) is 5.26 Å². The summed E-state index contributed by atoms with van der Waals surface area (Å²) in [5.41, 5.74) is -0.806. The van der Waals surface area contributed by atoms with E-state index in [1.165, 1.54) is 0 Å². The Morgan fingerprint density at radius 2 is 2.25 bits per heavy atom. The number of hydrogen-bond donors (Lipinski definition) is 0. The first-order valence-corrected chi connectivity index (χ1v) is 3.22. The Kier molecular flexibility index (Phi) is 2.18. The van der Waals surface area contributed by atoms with Gasteiger partial charge in [0.1, 0.15) is 0 Å². The predicted molar refractivity (Wildman–Crippen MR) is 36.6 cm³/mol. The number of alkyl halides is 3. The smallest absolute Gasteiger partial charge is 0.291 e. The van der Waals surface area contributed by atoms with Crippen molar-refractivity contribution in [1.82, 2.24) is 0 Å². The number of hydrogen-bond acceptors (Lipinski definition) is 2. The van der Waals surface area contributed by atoms with Crippen LogP contribution in [0, 0.1) is 17.2 Å². The highest BCUT2D eigenvalue weighted by Gasteiger charge is 2.39. The van der Waals surface area contributed by atoms with E-state index >= 15 is 0 Å². The molecular weight excluding hydrogens is 169 g/mol. The molecule has 0 amide bonds. The molecule has 1 unspecified atom stereocenters. The molecule has 0 radical (unpaired) electrons. The van der Waals surface area contributed by atoms with Gasteiger partial charge < -0.3 is 0 Å². The van der Waals surface area contributed by atoms with Crippen LogP contribution in [0.4, 0.5) is 13.2 Å². The summed E-state index contributed by atoms with van der Waals surface area (Å²) < 4.78 is 36.3. The Bertz CT molecular complexity index is 269. The topological polar surface area (TPSA) is 36.1 Å². The van der Waals surface area contributed by atoms with Gasteiger partial charge in [0.15, 0.2) is 0 Å². The lowest BCUT2D eigenvalue weighted by Crippen LogP contribution is -2.23. The molecular formula is C7H5F3N2. The summed E-state index contributed by atoms with van der Waals surface area (Å²) in [5.74, 6) is -1.14. The van der Waals surface area contributed by atoms with Crippen molar-refractivity contribution in [1.29, 1.82) is 5.26 Å². The lowest BCUT2D eigenvalue weighted by Gasteiger charge is -2.16. The Balaban J connectivity index is 2.93. The molecule has 0 aromatic rings. The highest BCUT2D eigenvalue weighted by atomic mass is 19.4. The first-order valence-electron chi connectivity index (χ1n) is 3.22. The van der Waals surface area contributed by atoms with Crippen LogP contribution < -0.4 is 0 Å². The molecule has 5 heteroatoms. The molecule has 0 saturated carbocycles. The number of aliphatic imine (C=N–C) groups is 1. The predicted octanol–water partition coefficient (Wildman–Crippen LogP) is 1.70. The number of halogens is 3. The minimum atomic E-state index is -4.41. The molecule has 1 heterocycles. The second kappa shape index (κ2) is 2.97. The van der Waals surface area contributed by atoms with Crippen LogP contribution in [0.15, 0.2) is 16.6 Å². The molecule has 0 aromatic carbocycles. The van der Waals surface area contributed by atoms with Gasteiger partial charge >= 0.3 is 6.18 Å². The molecule has 0 saturated heterocycles. The zero-order valence-electron chi connectivity index (χ0n) is 5.97. The van der Waals surface area contributed by atoms with Gasteiger partial charge in [-0.1, -0.05) is 0 Å². The molecule has 1 aliphatic heterocycles. The molecule has 1 rings (SSSR count). The van der Waals surface area contributed by atoms with Crippen LogP contribution in [-0.2, 0) is 0 Å². The Morgan fingerprint density at radius 3 is 2.67 bits per heavy atom. The highest BCUT2D eigenvalue weighted by Crippen LogP contribution is 2.32. The number of rotatable bonds is 0. The molecule has 0 N–H and O–H groups in total. The van der Waals surface area contributed by atoms with Gasteiger partial charge in [-0.25, -0.2) is 0 Å². The van der Waals surface area contributed by atoms with E-state index in [2.05, 4.69) is 4.99 Å². The zero-order valence-corrected chi connectivity index (χ0v) is 5.97. The van der Waals surface area contributed by atoms with Crippen molar-refractivity contribution in [3.05, 3.63) is 11.6 Å². The molecule has 0 bridgehead atoms. The Hall–Kier alpha value is -1.31. The van der Waals surface area contributed by atoms with Crippen molar-refractivity contribution < 1.29 is 13.2 Å². The standard InChI is InChI=1S/C7H5F3N2/c8-7(9,10)6-1-2-12-4-5(6)3-11/h1-2,5H,4H2. The summed E-state index contributed by atoms with van der Waals surface area (Å²) >= 11 is 0. The maximum Gasteiger partial charge on any atom is 0.414 e. The van der Waals surface area contributed by atoms with Crippen LogP contribution in [0.1, 0.15) is 0 Å². The molecule has 0 aromatic heterocycles. The third-order valence-corrected chi connectivity index (χ3v) is 1.51. The lowest BCUT2D eigenvalue weighted by atomic mass is 9.98. The minimum absolute atomic E-state index is 0.0954. The van der Waals surface area contributed by atoms with E-state index in [9.17, 15) is 13.2 Å². The van der Waals surface area contributed by atoms with Gasteiger partial charge in [-0.2, -0.15) is 18.4 Å². The molecule has 0 fully saturated rings. The summed E-state index contributed by atoms with van der Waals surface area (Å²) in [6.07, 6.45) is -2.49. The molecule has 0 aliphatic carbocycles. The highest BCUT2D eigenvalue weighted by molar-refractivity contribution is 5.74. The first kappa shape index (κ1) is 8.78.